The van der Waals surface area contributed by atoms with Gasteiger partial charge < -0.3 is 14.8 Å². The third kappa shape index (κ3) is 3.08. The number of hydrogen-bond acceptors (Lipinski definition) is 8. The van der Waals surface area contributed by atoms with Gasteiger partial charge in [-0.3, -0.25) is 0 Å². The quantitative estimate of drug-likeness (QED) is 0.695. The first-order chi connectivity index (χ1) is 13.5. The largest absolute Gasteiger partial charge is 0.470 e. The lowest BCUT2D eigenvalue weighted by atomic mass is 9.98. The van der Waals surface area contributed by atoms with E-state index in [1.165, 1.54) is 23.9 Å². The Kier molecular flexibility index (Phi) is 4.35. The SMILES string of the molecule is CS(=O)(=O)c1ccc(-c2csc3c(OC4C5CNCC4OC5)ncnc23)cc1. The molecule has 2 aromatic heterocycles. The van der Waals surface area contributed by atoms with Crippen LogP contribution in [0, 0.1) is 5.92 Å². The highest BCUT2D eigenvalue weighted by Crippen LogP contribution is 2.38. The summed E-state index contributed by atoms with van der Waals surface area (Å²) in [6.07, 6.45) is 2.77. The molecule has 2 saturated heterocycles. The van der Waals surface area contributed by atoms with Gasteiger partial charge in [0.2, 0.25) is 5.88 Å². The van der Waals surface area contributed by atoms with Gasteiger partial charge in [0.25, 0.3) is 0 Å². The maximum Gasteiger partial charge on any atom is 0.235 e. The van der Waals surface area contributed by atoms with E-state index in [1.807, 2.05) is 5.38 Å². The Morgan fingerprint density at radius 2 is 2.04 bits per heavy atom. The van der Waals surface area contributed by atoms with Crippen molar-refractivity contribution in [2.24, 2.45) is 5.92 Å². The van der Waals surface area contributed by atoms with E-state index in [0.717, 1.165) is 34.4 Å². The van der Waals surface area contributed by atoms with Gasteiger partial charge in [-0.25, -0.2) is 18.4 Å². The van der Waals surface area contributed by atoms with E-state index < -0.39 is 9.84 Å². The second-order valence-electron chi connectivity index (χ2n) is 7.18. The van der Waals surface area contributed by atoms with Gasteiger partial charge in [0.1, 0.15) is 23.2 Å². The molecule has 2 aliphatic rings. The van der Waals surface area contributed by atoms with Crippen molar-refractivity contribution in [3.63, 3.8) is 0 Å². The Morgan fingerprint density at radius 1 is 1.21 bits per heavy atom. The van der Waals surface area contributed by atoms with Crippen LogP contribution in [0.3, 0.4) is 0 Å². The topological polar surface area (TPSA) is 90.4 Å². The van der Waals surface area contributed by atoms with Crippen LogP contribution in [0.1, 0.15) is 0 Å². The van der Waals surface area contributed by atoms with Crippen LogP contribution < -0.4 is 10.1 Å². The molecule has 0 saturated carbocycles. The van der Waals surface area contributed by atoms with Crippen LogP contribution in [-0.4, -0.2) is 56.5 Å². The highest BCUT2D eigenvalue weighted by Gasteiger charge is 2.42. The molecule has 0 amide bonds. The minimum atomic E-state index is -3.22. The van der Waals surface area contributed by atoms with Crippen molar-refractivity contribution in [3.05, 3.63) is 36.0 Å². The zero-order valence-corrected chi connectivity index (χ0v) is 16.8. The Labute approximate surface area is 166 Å². The van der Waals surface area contributed by atoms with Gasteiger partial charge in [-0.15, -0.1) is 11.3 Å². The van der Waals surface area contributed by atoms with Gasteiger partial charge >= 0.3 is 0 Å². The highest BCUT2D eigenvalue weighted by molar-refractivity contribution is 7.90. The molecular weight excluding hydrogens is 398 g/mol. The number of piperidine rings is 1. The summed E-state index contributed by atoms with van der Waals surface area (Å²) < 4.78 is 36.4. The van der Waals surface area contributed by atoms with Gasteiger partial charge in [-0.1, -0.05) is 12.1 Å². The van der Waals surface area contributed by atoms with Crippen molar-refractivity contribution >= 4 is 31.4 Å². The van der Waals surface area contributed by atoms with E-state index in [2.05, 4.69) is 15.3 Å². The van der Waals surface area contributed by atoms with Crippen LogP contribution in [0.2, 0.25) is 0 Å². The number of benzene rings is 1. The van der Waals surface area contributed by atoms with Crippen LogP contribution >= 0.6 is 11.3 Å². The van der Waals surface area contributed by atoms with Crippen LogP contribution in [-0.2, 0) is 14.6 Å². The summed E-state index contributed by atoms with van der Waals surface area (Å²) in [5.74, 6) is 0.910. The third-order valence-corrected chi connectivity index (χ3v) is 7.36. The molecule has 28 heavy (non-hydrogen) atoms. The molecule has 1 N–H and O–H groups in total. The predicted octanol–water partition coefficient (Wildman–Crippen LogP) is 2.13. The van der Waals surface area contributed by atoms with Crippen molar-refractivity contribution in [1.29, 1.82) is 0 Å². The minimum absolute atomic E-state index is 0.000978. The first-order valence-electron chi connectivity index (χ1n) is 9.02. The molecule has 9 heteroatoms. The number of aromatic nitrogens is 2. The fourth-order valence-electron chi connectivity index (χ4n) is 3.80. The van der Waals surface area contributed by atoms with Crippen LogP contribution in [0.5, 0.6) is 5.88 Å². The summed E-state index contributed by atoms with van der Waals surface area (Å²) in [6, 6.07) is 6.86. The average Bonchev–Trinajstić information content (AvgIpc) is 3.19. The molecule has 0 spiro atoms. The van der Waals surface area contributed by atoms with E-state index in [1.54, 1.807) is 24.3 Å². The van der Waals surface area contributed by atoms with Crippen molar-refractivity contribution in [1.82, 2.24) is 15.3 Å². The lowest BCUT2D eigenvalue weighted by Crippen LogP contribution is -2.48. The number of hydrogen-bond donors (Lipinski definition) is 1. The molecule has 1 aromatic carbocycles. The molecule has 3 unspecified atom stereocenters. The second-order valence-corrected chi connectivity index (χ2v) is 10.1. The summed E-state index contributed by atoms with van der Waals surface area (Å²) in [4.78, 5) is 9.13. The maximum absolute atomic E-state index is 11.7. The van der Waals surface area contributed by atoms with Crippen molar-refractivity contribution in [2.75, 3.05) is 26.0 Å². The average molecular weight is 418 g/mol. The van der Waals surface area contributed by atoms with E-state index in [0.29, 0.717) is 23.3 Å². The molecule has 4 heterocycles. The first kappa shape index (κ1) is 18.0. The zero-order valence-electron chi connectivity index (χ0n) is 15.2. The van der Waals surface area contributed by atoms with Gasteiger partial charge in [-0.05, 0) is 17.7 Å². The van der Waals surface area contributed by atoms with E-state index in [-0.39, 0.29) is 12.2 Å². The van der Waals surface area contributed by atoms with Gasteiger partial charge in [0.15, 0.2) is 9.84 Å². The van der Waals surface area contributed by atoms with Crippen molar-refractivity contribution < 1.29 is 17.9 Å². The fourth-order valence-corrected chi connectivity index (χ4v) is 5.39. The number of nitrogens with one attached hydrogen (secondary N) is 1. The molecule has 5 rings (SSSR count). The van der Waals surface area contributed by atoms with Crippen molar-refractivity contribution in [2.45, 2.75) is 17.1 Å². The number of rotatable bonds is 4. The Bertz CT molecular complexity index is 1110. The van der Waals surface area contributed by atoms with Crippen LogP contribution in [0.15, 0.2) is 40.9 Å². The lowest BCUT2D eigenvalue weighted by Gasteiger charge is -2.28. The molecule has 3 atom stereocenters. The molecule has 2 aliphatic heterocycles. The lowest BCUT2D eigenvalue weighted by molar-refractivity contribution is 0.0427. The summed E-state index contributed by atoms with van der Waals surface area (Å²) in [6.45, 7) is 2.38. The molecule has 0 radical (unpaired) electrons. The van der Waals surface area contributed by atoms with Gasteiger partial charge in [0.05, 0.1) is 17.0 Å². The number of thiophene rings is 1. The maximum atomic E-state index is 11.7. The zero-order chi connectivity index (χ0) is 19.3. The monoisotopic (exact) mass is 417 g/mol. The number of ether oxygens (including phenoxy) is 2. The smallest absolute Gasteiger partial charge is 0.235 e. The molecule has 2 bridgehead atoms. The fraction of sp³-hybridized carbons (Fsp3) is 0.368. The molecule has 7 nitrogen and oxygen atoms in total. The van der Waals surface area contributed by atoms with E-state index in [9.17, 15) is 8.42 Å². The molecule has 0 aliphatic carbocycles. The Morgan fingerprint density at radius 3 is 2.79 bits per heavy atom. The van der Waals surface area contributed by atoms with E-state index >= 15 is 0 Å². The molecule has 146 valence electrons. The van der Waals surface area contributed by atoms with E-state index in [4.69, 9.17) is 9.47 Å². The second kappa shape index (κ2) is 6.77. The van der Waals surface area contributed by atoms with Crippen molar-refractivity contribution in [3.8, 4) is 17.0 Å². The molecule has 3 aromatic rings. The number of sulfone groups is 1. The number of fused-ring (bicyclic) bond motifs is 3. The molecular formula is C19H19N3O4S2. The third-order valence-electron chi connectivity index (χ3n) is 5.27. The summed E-state index contributed by atoms with van der Waals surface area (Å²) in [7, 11) is -3.22. The Balaban J connectivity index is 1.49. The van der Waals surface area contributed by atoms with Crippen LogP contribution in [0.4, 0.5) is 0 Å². The highest BCUT2D eigenvalue weighted by atomic mass is 32.2. The van der Waals surface area contributed by atoms with Crippen LogP contribution in [0.25, 0.3) is 21.3 Å². The predicted molar refractivity (Wildman–Crippen MR) is 106 cm³/mol. The number of nitrogens with zero attached hydrogens (tertiary/aromatic N) is 2. The summed E-state index contributed by atoms with van der Waals surface area (Å²) >= 11 is 1.53. The Hall–Kier alpha value is -2.07. The van der Waals surface area contributed by atoms with Gasteiger partial charge in [-0.2, -0.15) is 0 Å². The normalized spacial score (nSPS) is 24.5. The molecule has 2 fully saturated rings. The van der Waals surface area contributed by atoms with Gasteiger partial charge in [0, 0.05) is 36.2 Å². The summed E-state index contributed by atoms with van der Waals surface area (Å²) in [5.41, 5.74) is 2.66. The minimum Gasteiger partial charge on any atom is -0.470 e. The summed E-state index contributed by atoms with van der Waals surface area (Å²) in [5, 5.41) is 5.37. The standard InChI is InChI=1S/C19H19N3O4S2/c1-28(23,24)13-4-2-11(3-5-13)14-9-27-18-16(14)21-10-22-19(18)26-17-12-6-20-7-15(17)25-8-12/h2-5,9-10,12,15,17,20H,6-8H2,1H3. The first-order valence-corrected chi connectivity index (χ1v) is 11.8.